The Morgan fingerprint density at radius 1 is 1.18 bits per heavy atom. The van der Waals surface area contributed by atoms with Crippen LogP contribution in [0.25, 0.3) is 0 Å². The summed E-state index contributed by atoms with van der Waals surface area (Å²) in [6, 6.07) is 16.6. The lowest BCUT2D eigenvalue weighted by Crippen LogP contribution is -2.41. The topological polar surface area (TPSA) is 65.5 Å². The first-order chi connectivity index (χ1) is 13.2. The largest absolute Gasteiger partial charge is 0.356 e. The summed E-state index contributed by atoms with van der Waals surface area (Å²) in [6.45, 7) is 3.59. The Morgan fingerprint density at radius 2 is 1.93 bits per heavy atom. The second kappa shape index (κ2) is 11.3. The van der Waals surface area contributed by atoms with Gasteiger partial charge in [-0.3, -0.25) is 9.79 Å². The summed E-state index contributed by atoms with van der Waals surface area (Å²) in [5.41, 5.74) is 3.37. The lowest BCUT2D eigenvalue weighted by Gasteiger charge is -2.26. The molecule has 0 fully saturated rings. The van der Waals surface area contributed by atoms with Gasteiger partial charge in [0.25, 0.3) is 0 Å². The number of amides is 1. The Hall–Kier alpha value is -1.74. The van der Waals surface area contributed by atoms with Gasteiger partial charge in [0.05, 0.1) is 0 Å². The Balaban J connectivity index is 0.00000280. The molecule has 3 rings (SSSR count). The van der Waals surface area contributed by atoms with Gasteiger partial charge in [-0.15, -0.1) is 35.7 Å². The second-order valence-corrected chi connectivity index (χ2v) is 7.75. The van der Waals surface area contributed by atoms with Gasteiger partial charge in [-0.05, 0) is 30.7 Å². The molecule has 0 saturated heterocycles. The van der Waals surface area contributed by atoms with E-state index in [9.17, 15) is 4.79 Å². The Kier molecular flexibility index (Phi) is 9.11. The maximum atomic E-state index is 11.9. The zero-order valence-corrected chi connectivity index (χ0v) is 19.3. The summed E-state index contributed by atoms with van der Waals surface area (Å²) in [6.07, 6.45) is 0.490. The molecule has 0 bridgehead atoms. The van der Waals surface area contributed by atoms with E-state index in [-0.39, 0.29) is 35.8 Å². The minimum absolute atomic E-state index is 0. The summed E-state index contributed by atoms with van der Waals surface area (Å²) in [5, 5.41) is 9.64. The Labute approximate surface area is 188 Å². The highest BCUT2D eigenvalue weighted by Crippen LogP contribution is 2.31. The number of para-hydroxylation sites is 1. The maximum absolute atomic E-state index is 11.9. The molecule has 0 saturated carbocycles. The number of aryl methyl sites for hydroxylation is 1. The summed E-state index contributed by atoms with van der Waals surface area (Å²) < 4.78 is 0. The average molecular weight is 510 g/mol. The number of hydrogen-bond donors (Lipinski definition) is 3. The minimum atomic E-state index is 0. The average Bonchev–Trinajstić information content (AvgIpc) is 2.68. The molecule has 0 aromatic heterocycles. The third-order valence-electron chi connectivity index (χ3n) is 4.53. The molecule has 2 aromatic carbocycles. The van der Waals surface area contributed by atoms with E-state index in [1.807, 2.05) is 30.0 Å². The van der Waals surface area contributed by atoms with Crippen LogP contribution in [0.4, 0.5) is 5.69 Å². The molecule has 1 aliphatic rings. The number of anilines is 1. The van der Waals surface area contributed by atoms with Crippen molar-refractivity contribution < 1.29 is 4.79 Å². The van der Waals surface area contributed by atoms with Crippen LogP contribution >= 0.6 is 35.7 Å². The van der Waals surface area contributed by atoms with Gasteiger partial charge < -0.3 is 16.0 Å². The zero-order chi connectivity index (χ0) is 19.1. The molecule has 3 N–H and O–H groups in total. The number of fused-ring (bicyclic) bond motifs is 1. The smallest absolute Gasteiger partial charge is 0.225 e. The van der Waals surface area contributed by atoms with Crippen LogP contribution in [0.5, 0.6) is 0 Å². The van der Waals surface area contributed by atoms with E-state index in [0.717, 1.165) is 23.9 Å². The van der Waals surface area contributed by atoms with E-state index < -0.39 is 0 Å². The van der Waals surface area contributed by atoms with E-state index in [0.29, 0.717) is 13.0 Å². The molecule has 7 heteroatoms. The lowest BCUT2D eigenvalue weighted by atomic mass is 9.90. The van der Waals surface area contributed by atoms with Crippen LogP contribution in [0.3, 0.4) is 0 Å². The third kappa shape index (κ3) is 6.41. The van der Waals surface area contributed by atoms with Gasteiger partial charge in [0.15, 0.2) is 5.96 Å². The van der Waals surface area contributed by atoms with Crippen LogP contribution in [0.2, 0.25) is 0 Å². The van der Waals surface area contributed by atoms with E-state index in [1.54, 1.807) is 7.05 Å². The highest BCUT2D eigenvalue weighted by atomic mass is 127. The number of thioether (sulfide) groups is 1. The van der Waals surface area contributed by atoms with Crippen molar-refractivity contribution >= 4 is 53.3 Å². The van der Waals surface area contributed by atoms with E-state index in [2.05, 4.69) is 58.2 Å². The van der Waals surface area contributed by atoms with Crippen LogP contribution in [0.1, 0.15) is 23.5 Å². The van der Waals surface area contributed by atoms with Crippen LogP contribution in [0.15, 0.2) is 58.4 Å². The molecule has 5 nitrogen and oxygen atoms in total. The van der Waals surface area contributed by atoms with Crippen molar-refractivity contribution in [2.75, 3.05) is 31.2 Å². The van der Waals surface area contributed by atoms with Gasteiger partial charge in [-0.25, -0.2) is 0 Å². The van der Waals surface area contributed by atoms with Gasteiger partial charge >= 0.3 is 0 Å². The molecule has 1 amide bonds. The van der Waals surface area contributed by atoms with Crippen LogP contribution in [-0.4, -0.2) is 37.8 Å². The van der Waals surface area contributed by atoms with E-state index in [1.165, 1.54) is 16.0 Å². The van der Waals surface area contributed by atoms with Gasteiger partial charge in [0.2, 0.25) is 5.91 Å². The van der Waals surface area contributed by atoms with Crippen molar-refractivity contribution in [3.05, 3.63) is 59.7 Å². The summed E-state index contributed by atoms with van der Waals surface area (Å²) >= 11 is 1.82. The number of guanidine groups is 1. The lowest BCUT2D eigenvalue weighted by molar-refractivity contribution is -0.116. The van der Waals surface area contributed by atoms with Crippen molar-refractivity contribution in [3.63, 3.8) is 0 Å². The number of benzene rings is 2. The molecular weight excluding hydrogens is 483 g/mol. The molecular formula is C21H27IN4OS. The first kappa shape index (κ1) is 22.5. The number of carbonyl (C=O) groups excluding carboxylic acids is 1. The molecule has 1 heterocycles. The van der Waals surface area contributed by atoms with Crippen molar-refractivity contribution in [3.8, 4) is 0 Å². The first-order valence-electron chi connectivity index (χ1n) is 9.18. The first-order valence-corrected chi connectivity index (χ1v) is 10.2. The quantitative estimate of drug-likeness (QED) is 0.181. The zero-order valence-electron chi connectivity index (χ0n) is 16.2. The molecule has 28 heavy (non-hydrogen) atoms. The van der Waals surface area contributed by atoms with Gasteiger partial charge in [-0.1, -0.05) is 35.9 Å². The number of rotatable bonds is 6. The van der Waals surface area contributed by atoms with Crippen LogP contribution in [-0.2, 0) is 4.79 Å². The van der Waals surface area contributed by atoms with Gasteiger partial charge in [0.1, 0.15) is 0 Å². The van der Waals surface area contributed by atoms with Gasteiger partial charge in [-0.2, -0.15) is 0 Å². The number of hydrogen-bond acceptors (Lipinski definition) is 3. The standard InChI is InChI=1S/C21H26N4OS.HI/c1-15-7-9-17(10-8-15)27-12-11-23-21(22-2)24-14-16-13-20(26)25-19-6-4-3-5-18(16)19;/h3-10,16H,11-14H2,1-2H3,(H,25,26)(H2,22,23,24);1H. The van der Waals surface area contributed by atoms with Crippen LogP contribution in [0, 0.1) is 6.92 Å². The molecule has 1 unspecified atom stereocenters. The highest BCUT2D eigenvalue weighted by molar-refractivity contribution is 14.0. The fraction of sp³-hybridized carbons (Fsp3) is 0.333. The van der Waals surface area contributed by atoms with Crippen molar-refractivity contribution in [1.29, 1.82) is 0 Å². The van der Waals surface area contributed by atoms with Crippen molar-refractivity contribution in [2.24, 2.45) is 4.99 Å². The number of halogens is 1. The second-order valence-electron chi connectivity index (χ2n) is 6.58. The van der Waals surface area contributed by atoms with Crippen molar-refractivity contribution in [2.45, 2.75) is 24.2 Å². The van der Waals surface area contributed by atoms with E-state index >= 15 is 0 Å². The van der Waals surface area contributed by atoms with Gasteiger partial charge in [0, 0.05) is 48.8 Å². The third-order valence-corrected chi connectivity index (χ3v) is 5.54. The molecule has 2 aromatic rings. The predicted molar refractivity (Wildman–Crippen MR) is 129 cm³/mol. The van der Waals surface area contributed by atoms with E-state index in [4.69, 9.17) is 0 Å². The molecule has 1 aliphatic heterocycles. The summed E-state index contributed by atoms with van der Waals surface area (Å²) in [5.74, 6) is 1.94. The Morgan fingerprint density at radius 3 is 2.68 bits per heavy atom. The molecule has 0 spiro atoms. The molecule has 1 atom stereocenters. The number of nitrogens with zero attached hydrogens (tertiary/aromatic N) is 1. The van der Waals surface area contributed by atoms with Crippen molar-refractivity contribution in [1.82, 2.24) is 10.6 Å². The minimum Gasteiger partial charge on any atom is -0.356 e. The number of nitrogens with one attached hydrogen (secondary N) is 3. The molecule has 0 radical (unpaired) electrons. The predicted octanol–water partition coefficient (Wildman–Crippen LogP) is 4.00. The fourth-order valence-corrected chi connectivity index (χ4v) is 3.87. The monoisotopic (exact) mass is 510 g/mol. The molecule has 0 aliphatic carbocycles. The fourth-order valence-electron chi connectivity index (χ4n) is 3.10. The summed E-state index contributed by atoms with van der Waals surface area (Å²) in [4.78, 5) is 17.5. The normalized spacial score (nSPS) is 15.9. The SMILES string of the molecule is CN=C(NCCSc1ccc(C)cc1)NCC1CC(=O)Nc2ccccc21.I. The van der Waals surface area contributed by atoms with Crippen LogP contribution < -0.4 is 16.0 Å². The number of carbonyl (C=O) groups is 1. The molecule has 150 valence electrons. The highest BCUT2D eigenvalue weighted by Gasteiger charge is 2.24. The summed E-state index contributed by atoms with van der Waals surface area (Å²) in [7, 11) is 1.77. The number of aliphatic imine (C=N–C) groups is 1. The maximum Gasteiger partial charge on any atom is 0.225 e. The Bertz CT molecular complexity index is 810.